The Morgan fingerprint density at radius 1 is 1.20 bits per heavy atom. The van der Waals surface area contributed by atoms with E-state index < -0.39 is 0 Å². The number of rotatable bonds is 8. The lowest BCUT2D eigenvalue weighted by molar-refractivity contribution is -0.121. The maximum Gasteiger partial charge on any atom is 0.220 e. The third-order valence-corrected chi connectivity index (χ3v) is 3.17. The van der Waals surface area contributed by atoms with Gasteiger partial charge in [-0.2, -0.15) is 0 Å². The highest BCUT2D eigenvalue weighted by molar-refractivity contribution is 5.98. The molecule has 0 aliphatic heterocycles. The molecule has 0 aromatic heterocycles. The summed E-state index contributed by atoms with van der Waals surface area (Å²) in [5.41, 5.74) is 0.632. The van der Waals surface area contributed by atoms with Crippen molar-refractivity contribution in [3.63, 3.8) is 0 Å². The molecule has 0 saturated heterocycles. The van der Waals surface area contributed by atoms with Gasteiger partial charge >= 0.3 is 0 Å². The maximum absolute atomic E-state index is 12.0. The van der Waals surface area contributed by atoms with E-state index in [1.165, 1.54) is 0 Å². The van der Waals surface area contributed by atoms with E-state index in [-0.39, 0.29) is 24.5 Å². The Morgan fingerprint density at radius 2 is 1.90 bits per heavy atom. The molecule has 1 amide bonds. The number of Topliss-reactive ketones (excluding diaryl/α,β-unsaturated/α-hetero) is 1. The van der Waals surface area contributed by atoms with Crippen LogP contribution in [0.15, 0.2) is 24.3 Å². The fourth-order valence-electron chi connectivity index (χ4n) is 1.86. The van der Waals surface area contributed by atoms with Gasteiger partial charge in [0.15, 0.2) is 5.78 Å². The van der Waals surface area contributed by atoms with E-state index in [9.17, 15) is 9.59 Å². The van der Waals surface area contributed by atoms with Crippen molar-refractivity contribution in [3.8, 4) is 5.75 Å². The van der Waals surface area contributed by atoms with Crippen molar-refractivity contribution in [2.75, 3.05) is 6.61 Å². The molecule has 20 heavy (non-hydrogen) atoms. The molecule has 1 saturated carbocycles. The number of amides is 1. The summed E-state index contributed by atoms with van der Waals surface area (Å²) in [6, 6.07) is 7.46. The van der Waals surface area contributed by atoms with Crippen LogP contribution in [0.5, 0.6) is 5.75 Å². The summed E-state index contributed by atoms with van der Waals surface area (Å²) in [7, 11) is 0. The molecule has 0 unspecified atom stereocenters. The topological polar surface area (TPSA) is 55.4 Å². The van der Waals surface area contributed by atoms with Crippen molar-refractivity contribution >= 4 is 11.7 Å². The number of benzene rings is 1. The highest BCUT2D eigenvalue weighted by Gasteiger charge is 2.23. The number of carbonyl (C=O) groups is 2. The van der Waals surface area contributed by atoms with Crippen LogP contribution < -0.4 is 10.1 Å². The second-order valence-corrected chi connectivity index (χ2v) is 5.14. The first kappa shape index (κ1) is 14.6. The van der Waals surface area contributed by atoms with E-state index >= 15 is 0 Å². The summed E-state index contributed by atoms with van der Waals surface area (Å²) < 4.78 is 5.46. The van der Waals surface area contributed by atoms with E-state index in [2.05, 4.69) is 5.32 Å². The summed E-state index contributed by atoms with van der Waals surface area (Å²) in [5.74, 6) is 0.747. The lowest BCUT2D eigenvalue weighted by atomic mass is 10.1. The first-order chi connectivity index (χ1) is 9.69. The zero-order chi connectivity index (χ0) is 14.4. The SMILES string of the molecule is CCCOc1ccc(C(=O)CCC(=O)NC2CC2)cc1. The van der Waals surface area contributed by atoms with Crippen molar-refractivity contribution in [3.05, 3.63) is 29.8 Å². The van der Waals surface area contributed by atoms with E-state index in [0.717, 1.165) is 25.0 Å². The monoisotopic (exact) mass is 275 g/mol. The van der Waals surface area contributed by atoms with Crippen molar-refractivity contribution in [2.45, 2.75) is 45.1 Å². The van der Waals surface area contributed by atoms with E-state index in [0.29, 0.717) is 18.2 Å². The molecule has 1 aliphatic carbocycles. The highest BCUT2D eigenvalue weighted by atomic mass is 16.5. The van der Waals surface area contributed by atoms with Gasteiger partial charge in [-0.1, -0.05) is 6.92 Å². The number of nitrogens with one attached hydrogen (secondary N) is 1. The van der Waals surface area contributed by atoms with Crippen LogP contribution in [0, 0.1) is 0 Å². The van der Waals surface area contributed by atoms with Gasteiger partial charge in [0.05, 0.1) is 6.61 Å². The maximum atomic E-state index is 12.0. The number of carbonyl (C=O) groups excluding carboxylic acids is 2. The Bertz CT molecular complexity index is 463. The molecule has 4 nitrogen and oxygen atoms in total. The Kier molecular flexibility index (Phi) is 5.16. The second kappa shape index (κ2) is 7.08. The van der Waals surface area contributed by atoms with Crippen LogP contribution >= 0.6 is 0 Å². The Hall–Kier alpha value is -1.84. The molecule has 0 heterocycles. The molecule has 0 bridgehead atoms. The standard InChI is InChI=1S/C16H21NO3/c1-2-11-20-14-7-3-12(4-8-14)15(18)9-10-16(19)17-13-5-6-13/h3-4,7-8,13H,2,5-6,9-11H2,1H3,(H,17,19). The van der Waals surface area contributed by atoms with Crippen LogP contribution in [-0.4, -0.2) is 24.3 Å². The summed E-state index contributed by atoms with van der Waals surface area (Å²) in [5, 5.41) is 2.88. The lowest BCUT2D eigenvalue weighted by Gasteiger charge is -2.06. The predicted octanol–water partition coefficient (Wildman–Crippen LogP) is 2.72. The molecular weight excluding hydrogens is 254 g/mol. The summed E-state index contributed by atoms with van der Waals surface area (Å²) >= 11 is 0. The lowest BCUT2D eigenvalue weighted by Crippen LogP contribution is -2.25. The second-order valence-electron chi connectivity index (χ2n) is 5.14. The van der Waals surface area contributed by atoms with Crippen LogP contribution in [0.4, 0.5) is 0 Å². The smallest absolute Gasteiger partial charge is 0.220 e. The number of hydrogen-bond donors (Lipinski definition) is 1. The fraction of sp³-hybridized carbons (Fsp3) is 0.500. The van der Waals surface area contributed by atoms with Crippen molar-refractivity contribution in [2.24, 2.45) is 0 Å². The Balaban J connectivity index is 1.77. The van der Waals surface area contributed by atoms with Gasteiger partial charge in [-0.25, -0.2) is 0 Å². The summed E-state index contributed by atoms with van der Waals surface area (Å²) in [4.78, 5) is 23.5. The number of ether oxygens (including phenoxy) is 1. The van der Waals surface area contributed by atoms with Gasteiger partial charge in [0.25, 0.3) is 0 Å². The van der Waals surface area contributed by atoms with Crippen LogP contribution in [0.25, 0.3) is 0 Å². The largest absolute Gasteiger partial charge is 0.494 e. The Morgan fingerprint density at radius 3 is 2.50 bits per heavy atom. The molecule has 0 atom stereocenters. The quantitative estimate of drug-likeness (QED) is 0.742. The molecule has 4 heteroatoms. The molecule has 1 N–H and O–H groups in total. The summed E-state index contributed by atoms with van der Waals surface area (Å²) in [6.45, 7) is 2.72. The minimum atomic E-state index is -0.0243. The molecule has 2 rings (SSSR count). The fourth-order valence-corrected chi connectivity index (χ4v) is 1.86. The van der Waals surface area contributed by atoms with Gasteiger partial charge in [-0.15, -0.1) is 0 Å². The van der Waals surface area contributed by atoms with Crippen molar-refractivity contribution in [1.82, 2.24) is 5.32 Å². The minimum Gasteiger partial charge on any atom is -0.494 e. The zero-order valence-corrected chi connectivity index (χ0v) is 11.9. The predicted molar refractivity (Wildman–Crippen MR) is 77.0 cm³/mol. The number of ketones is 1. The van der Waals surface area contributed by atoms with E-state index in [1.54, 1.807) is 24.3 Å². The molecular formula is C16H21NO3. The molecule has 1 aliphatic rings. The molecule has 1 fully saturated rings. The third-order valence-electron chi connectivity index (χ3n) is 3.17. The molecule has 1 aromatic carbocycles. The van der Waals surface area contributed by atoms with Crippen molar-refractivity contribution in [1.29, 1.82) is 0 Å². The third kappa shape index (κ3) is 4.68. The van der Waals surface area contributed by atoms with Gasteiger partial charge in [0.2, 0.25) is 5.91 Å². The van der Waals surface area contributed by atoms with Crippen LogP contribution in [0.3, 0.4) is 0 Å². The van der Waals surface area contributed by atoms with Gasteiger partial charge in [-0.05, 0) is 43.5 Å². The normalized spacial score (nSPS) is 13.8. The van der Waals surface area contributed by atoms with E-state index in [1.807, 2.05) is 6.92 Å². The van der Waals surface area contributed by atoms with Gasteiger partial charge in [-0.3, -0.25) is 9.59 Å². The van der Waals surface area contributed by atoms with Gasteiger partial charge < -0.3 is 10.1 Å². The molecule has 108 valence electrons. The van der Waals surface area contributed by atoms with Gasteiger partial charge in [0.1, 0.15) is 5.75 Å². The molecule has 1 aromatic rings. The number of hydrogen-bond acceptors (Lipinski definition) is 3. The minimum absolute atomic E-state index is 0.00186. The molecule has 0 spiro atoms. The average molecular weight is 275 g/mol. The van der Waals surface area contributed by atoms with Crippen LogP contribution in [0.1, 0.15) is 49.4 Å². The zero-order valence-electron chi connectivity index (χ0n) is 11.9. The average Bonchev–Trinajstić information content (AvgIpc) is 3.27. The van der Waals surface area contributed by atoms with Crippen LogP contribution in [0.2, 0.25) is 0 Å². The van der Waals surface area contributed by atoms with Gasteiger partial charge in [0, 0.05) is 24.4 Å². The highest BCUT2D eigenvalue weighted by Crippen LogP contribution is 2.19. The van der Waals surface area contributed by atoms with E-state index in [4.69, 9.17) is 4.74 Å². The first-order valence-corrected chi connectivity index (χ1v) is 7.24. The molecule has 0 radical (unpaired) electrons. The van der Waals surface area contributed by atoms with Crippen LogP contribution in [-0.2, 0) is 4.79 Å². The van der Waals surface area contributed by atoms with Crippen molar-refractivity contribution < 1.29 is 14.3 Å². The Labute approximate surface area is 119 Å². The first-order valence-electron chi connectivity index (χ1n) is 7.24. The summed E-state index contributed by atoms with van der Waals surface area (Å²) in [6.07, 6.45) is 3.62.